The van der Waals surface area contributed by atoms with Gasteiger partial charge in [0.1, 0.15) is 0 Å². The number of amides is 1. The topological polar surface area (TPSA) is 54.8 Å². The van der Waals surface area contributed by atoms with Crippen LogP contribution in [0.3, 0.4) is 0 Å². The van der Waals surface area contributed by atoms with Gasteiger partial charge < -0.3 is 0 Å². The monoisotopic (exact) mass is 157 g/mol. The van der Waals surface area contributed by atoms with Gasteiger partial charge >= 0.3 is 5.91 Å². The Morgan fingerprint density at radius 2 is 2.25 bits per heavy atom. The first-order chi connectivity index (χ1) is 5.79. The van der Waals surface area contributed by atoms with Crippen LogP contribution in [-0.2, 0) is 4.79 Å². The van der Waals surface area contributed by atoms with Gasteiger partial charge in [-0.2, -0.15) is 10.3 Å². The minimum absolute atomic E-state index is 0.125. The molecule has 56 valence electrons. The third kappa shape index (κ3) is 0.903. The highest BCUT2D eigenvalue weighted by molar-refractivity contribution is 5.97. The summed E-state index contributed by atoms with van der Waals surface area (Å²) in [7, 11) is 0. The summed E-state index contributed by atoms with van der Waals surface area (Å²) in [5.41, 5.74) is 0.571. The van der Waals surface area contributed by atoms with Crippen molar-refractivity contribution in [1.82, 2.24) is 0 Å². The lowest BCUT2D eigenvalue weighted by molar-refractivity contribution is -0.406. The summed E-state index contributed by atoms with van der Waals surface area (Å²) in [5, 5.41) is 10.1. The molecule has 0 unspecified atom stereocenters. The lowest BCUT2D eigenvalue weighted by Gasteiger charge is -1.81. The molecule has 1 aromatic carbocycles. The predicted octanol–water partition coefficient (Wildman–Crippen LogP) is -2.42. The smallest absolute Gasteiger partial charge is 0.215 e. The van der Waals surface area contributed by atoms with E-state index in [1.165, 1.54) is 6.08 Å². The van der Waals surface area contributed by atoms with Crippen LogP contribution in [0.15, 0.2) is 18.2 Å². The van der Waals surface area contributed by atoms with Crippen LogP contribution >= 0.6 is 0 Å². The molecule has 1 heterocycles. The third-order valence-electron chi connectivity index (χ3n) is 1.73. The molecule has 0 aliphatic carbocycles. The van der Waals surface area contributed by atoms with Crippen molar-refractivity contribution in [1.29, 1.82) is 5.26 Å². The van der Waals surface area contributed by atoms with Crippen molar-refractivity contribution in [3.05, 3.63) is 34.3 Å². The van der Waals surface area contributed by atoms with Crippen molar-refractivity contribution in [2.24, 2.45) is 0 Å². The normalized spacial score (nSPS) is 12.8. The summed E-state index contributed by atoms with van der Waals surface area (Å²) in [6.07, 6.45) is 1.48. The van der Waals surface area contributed by atoms with Crippen molar-refractivity contribution in [2.75, 3.05) is 0 Å². The lowest BCUT2D eigenvalue weighted by atomic mass is 10.2. The van der Waals surface area contributed by atoms with Crippen molar-refractivity contribution in [2.45, 2.75) is 0 Å². The van der Waals surface area contributed by atoms with Gasteiger partial charge in [-0.15, -0.1) is 0 Å². The Morgan fingerprint density at radius 3 is 3.00 bits per heavy atom. The van der Waals surface area contributed by atoms with Gasteiger partial charge in [-0.3, -0.25) is 0 Å². The maximum Gasteiger partial charge on any atom is 0.411 e. The second-order valence-corrected chi connectivity index (χ2v) is 2.55. The van der Waals surface area contributed by atoms with Gasteiger partial charge in [-0.25, -0.2) is 4.79 Å². The van der Waals surface area contributed by atoms with Crippen LogP contribution < -0.4 is 15.6 Å². The molecule has 1 N–H and O–H groups in total. The molecule has 0 spiro atoms. The number of rotatable bonds is 0. The molecule has 0 aromatic heterocycles. The number of nitrogens with one attached hydrogen (secondary N) is 1. The average Bonchev–Trinajstić information content (AvgIpc) is 2.43. The Labute approximate surface area is 68.3 Å². The van der Waals surface area contributed by atoms with E-state index in [0.29, 0.717) is 5.56 Å². The maximum absolute atomic E-state index is 10.9. The fourth-order valence-corrected chi connectivity index (χ4v) is 1.18. The molecule has 1 aliphatic rings. The van der Waals surface area contributed by atoms with Crippen LogP contribution in [-0.4, -0.2) is 5.91 Å². The summed E-state index contributed by atoms with van der Waals surface area (Å²) in [5.74, 6) is -0.125. The molecule has 1 aromatic rings. The first kappa shape index (κ1) is 6.74. The number of carbonyl (C=O) groups excluding carboxylic acids is 1. The number of hydrogen-bond acceptors (Lipinski definition) is 2. The third-order valence-corrected chi connectivity index (χ3v) is 1.73. The molecular weight excluding hydrogens is 152 g/mol. The number of benzene rings is 1. The van der Waals surface area contributed by atoms with Crippen LogP contribution in [0.1, 0.15) is 5.56 Å². The Balaban J connectivity index is 2.83. The van der Waals surface area contributed by atoms with Crippen LogP contribution in [0.25, 0.3) is 6.08 Å². The standard InChI is InChI=1S/C9H4N2O/c10-5-6-1-2-8-7(3-6)4-9(12)11-8/h1-4H/p+1. The number of fused-ring (bicyclic) bond motifs is 1. The van der Waals surface area contributed by atoms with E-state index in [2.05, 4.69) is 4.99 Å². The SMILES string of the molecule is N#Cc1ccc2c(c1)=CC(=O)[NH+]=2. The van der Waals surface area contributed by atoms with E-state index < -0.39 is 0 Å². The molecule has 12 heavy (non-hydrogen) atoms. The molecule has 1 amide bonds. The first-order valence-electron chi connectivity index (χ1n) is 3.49. The zero-order chi connectivity index (χ0) is 8.55. The van der Waals surface area contributed by atoms with Gasteiger partial charge in [0, 0.05) is 6.07 Å². The maximum atomic E-state index is 10.9. The largest absolute Gasteiger partial charge is 0.411 e. The molecule has 0 bridgehead atoms. The number of hydrogen-bond donors (Lipinski definition) is 1. The Hall–Kier alpha value is -1.95. The fourth-order valence-electron chi connectivity index (χ4n) is 1.18. The molecule has 0 radical (unpaired) electrons. The highest BCUT2D eigenvalue weighted by Gasteiger charge is 2.09. The number of nitrogens with zero attached hydrogens (tertiary/aromatic N) is 1. The highest BCUT2D eigenvalue weighted by Crippen LogP contribution is 1.86. The Morgan fingerprint density at radius 1 is 1.42 bits per heavy atom. The van der Waals surface area contributed by atoms with Crippen LogP contribution in [0.2, 0.25) is 0 Å². The van der Waals surface area contributed by atoms with Gasteiger partial charge in [0.05, 0.1) is 22.9 Å². The second kappa shape index (κ2) is 2.28. The van der Waals surface area contributed by atoms with Crippen LogP contribution in [0, 0.1) is 11.3 Å². The quantitative estimate of drug-likeness (QED) is 0.455. The van der Waals surface area contributed by atoms with E-state index in [9.17, 15) is 4.79 Å². The van der Waals surface area contributed by atoms with Gasteiger partial charge in [-0.05, 0) is 12.1 Å². The van der Waals surface area contributed by atoms with E-state index in [-0.39, 0.29) is 5.91 Å². The fraction of sp³-hybridized carbons (Fsp3) is 0. The minimum Gasteiger partial charge on any atom is -0.215 e. The number of carbonyl (C=O) groups is 1. The summed E-state index contributed by atoms with van der Waals surface area (Å²) in [6.45, 7) is 0. The zero-order valence-corrected chi connectivity index (χ0v) is 6.16. The van der Waals surface area contributed by atoms with E-state index in [0.717, 1.165) is 10.6 Å². The van der Waals surface area contributed by atoms with Crippen molar-refractivity contribution < 1.29 is 9.79 Å². The molecular formula is C9H5N2O+. The van der Waals surface area contributed by atoms with Gasteiger partial charge in [0.15, 0.2) is 0 Å². The molecule has 0 saturated heterocycles. The Kier molecular flexibility index (Phi) is 1.28. The first-order valence-corrected chi connectivity index (χ1v) is 3.49. The van der Waals surface area contributed by atoms with Gasteiger partial charge in [0.2, 0.25) is 5.36 Å². The van der Waals surface area contributed by atoms with Gasteiger partial charge in [0.25, 0.3) is 0 Å². The summed E-state index contributed by atoms with van der Waals surface area (Å²) < 4.78 is 0. The highest BCUT2D eigenvalue weighted by atomic mass is 16.1. The zero-order valence-electron chi connectivity index (χ0n) is 6.16. The van der Waals surface area contributed by atoms with E-state index >= 15 is 0 Å². The molecule has 3 nitrogen and oxygen atoms in total. The second-order valence-electron chi connectivity index (χ2n) is 2.55. The molecule has 1 aliphatic heterocycles. The van der Waals surface area contributed by atoms with E-state index in [1.807, 2.05) is 6.07 Å². The van der Waals surface area contributed by atoms with Crippen molar-refractivity contribution in [3.63, 3.8) is 0 Å². The summed E-state index contributed by atoms with van der Waals surface area (Å²) in [4.78, 5) is 13.5. The van der Waals surface area contributed by atoms with Crippen LogP contribution in [0.5, 0.6) is 0 Å². The minimum atomic E-state index is -0.125. The molecule has 3 heteroatoms. The molecule has 0 saturated carbocycles. The van der Waals surface area contributed by atoms with Crippen molar-refractivity contribution >= 4 is 12.0 Å². The van der Waals surface area contributed by atoms with E-state index in [1.54, 1.807) is 18.2 Å². The Bertz CT molecular complexity index is 508. The van der Waals surface area contributed by atoms with Crippen LogP contribution in [0.4, 0.5) is 0 Å². The lowest BCUT2D eigenvalue weighted by Crippen LogP contribution is -2.79. The van der Waals surface area contributed by atoms with E-state index in [4.69, 9.17) is 5.26 Å². The average molecular weight is 157 g/mol. The van der Waals surface area contributed by atoms with Gasteiger partial charge in [-0.1, -0.05) is 0 Å². The van der Waals surface area contributed by atoms with Crippen molar-refractivity contribution in [3.8, 4) is 6.07 Å². The summed E-state index contributed by atoms with van der Waals surface area (Å²) >= 11 is 0. The number of nitriles is 1. The molecule has 0 fully saturated rings. The predicted molar refractivity (Wildman–Crippen MR) is 39.9 cm³/mol. The molecule has 2 rings (SSSR count). The molecule has 0 atom stereocenters. The summed E-state index contributed by atoms with van der Waals surface area (Å²) in [6, 6.07) is 7.11.